The van der Waals surface area contributed by atoms with Crippen molar-refractivity contribution in [2.75, 3.05) is 27.7 Å². The van der Waals surface area contributed by atoms with E-state index in [0.29, 0.717) is 25.7 Å². The molecule has 0 fully saturated rings. The molecule has 0 aliphatic rings. The molecule has 0 radical (unpaired) electrons. The lowest BCUT2D eigenvalue weighted by Gasteiger charge is -2.34. The number of carbonyl (C=O) groups is 2. The van der Waals surface area contributed by atoms with E-state index >= 15 is 0 Å². The second kappa shape index (κ2) is 30.2. The first-order valence-electron chi connectivity index (χ1n) is 19.9. The van der Waals surface area contributed by atoms with Gasteiger partial charge in [0, 0.05) is 19.3 Å². The first-order chi connectivity index (χ1) is 21.7. The second-order valence-corrected chi connectivity index (χ2v) is 15.0. The number of esters is 2. The number of quaternary nitrogens is 1. The third-order valence-electron chi connectivity index (χ3n) is 9.27. The quantitative estimate of drug-likeness (QED) is 0.0304. The molecule has 0 saturated heterocycles. The average Bonchev–Trinajstić information content (AvgIpc) is 3.00. The molecule has 0 atom stereocenters. The molecular formula is C40H80NO4+. The first kappa shape index (κ1) is 43.9. The minimum Gasteiger partial charge on any atom is -0.422 e. The van der Waals surface area contributed by atoms with Crippen LogP contribution in [0.15, 0.2) is 0 Å². The maximum absolute atomic E-state index is 12.9. The van der Waals surface area contributed by atoms with Gasteiger partial charge in [0.05, 0.1) is 34.1 Å². The van der Waals surface area contributed by atoms with Gasteiger partial charge >= 0.3 is 11.9 Å². The SMILES string of the molecule is CCCCCCCCCCCCCCCC(=O)OC(CC)(CC[N+](C)(C)C)OC(=O)CCCCCCCCCCCCCCC. The van der Waals surface area contributed by atoms with Gasteiger partial charge in [0.15, 0.2) is 0 Å². The minimum absolute atomic E-state index is 0.227. The molecule has 0 spiro atoms. The predicted octanol–water partition coefficient (Wildman–Crippen LogP) is 12.2. The third kappa shape index (κ3) is 30.0. The van der Waals surface area contributed by atoms with Crippen LogP contribution in [0.4, 0.5) is 0 Å². The fourth-order valence-electron chi connectivity index (χ4n) is 6.04. The topological polar surface area (TPSA) is 52.6 Å². The normalized spacial score (nSPS) is 12.0. The first-order valence-corrected chi connectivity index (χ1v) is 19.9. The molecule has 0 aliphatic carbocycles. The molecule has 0 aromatic heterocycles. The average molecular weight is 639 g/mol. The lowest BCUT2D eigenvalue weighted by Crippen LogP contribution is -2.45. The number of rotatable bonds is 34. The Bertz CT molecular complexity index is 628. The van der Waals surface area contributed by atoms with Crippen molar-refractivity contribution in [1.29, 1.82) is 0 Å². The summed E-state index contributed by atoms with van der Waals surface area (Å²) in [5, 5.41) is 0. The Labute approximate surface area is 281 Å². The fourth-order valence-corrected chi connectivity index (χ4v) is 6.04. The maximum Gasteiger partial charge on any atom is 0.309 e. The molecule has 0 amide bonds. The number of unbranched alkanes of at least 4 members (excludes halogenated alkanes) is 24. The van der Waals surface area contributed by atoms with Crippen LogP contribution in [0.1, 0.15) is 213 Å². The molecule has 0 aromatic carbocycles. The van der Waals surface area contributed by atoms with Crippen LogP contribution in [0.2, 0.25) is 0 Å². The molecule has 45 heavy (non-hydrogen) atoms. The van der Waals surface area contributed by atoms with Gasteiger partial charge in [-0.25, -0.2) is 0 Å². The Kier molecular flexibility index (Phi) is 29.5. The number of nitrogens with zero attached hydrogens (tertiary/aromatic N) is 1. The molecule has 0 heterocycles. The van der Waals surface area contributed by atoms with Gasteiger partial charge in [-0.3, -0.25) is 9.59 Å². The van der Waals surface area contributed by atoms with Gasteiger partial charge in [0.25, 0.3) is 5.79 Å². The van der Waals surface area contributed by atoms with Gasteiger partial charge < -0.3 is 14.0 Å². The summed E-state index contributed by atoms with van der Waals surface area (Å²) in [6.07, 6.45) is 35.1. The van der Waals surface area contributed by atoms with Crippen LogP contribution >= 0.6 is 0 Å². The molecule has 268 valence electrons. The highest BCUT2D eigenvalue weighted by Gasteiger charge is 2.38. The van der Waals surface area contributed by atoms with Crippen LogP contribution in [0.25, 0.3) is 0 Å². The van der Waals surface area contributed by atoms with E-state index in [0.717, 1.165) is 36.7 Å². The Balaban J connectivity index is 4.25. The second-order valence-electron chi connectivity index (χ2n) is 15.0. The molecule has 0 rings (SSSR count). The van der Waals surface area contributed by atoms with Crippen molar-refractivity contribution in [3.05, 3.63) is 0 Å². The lowest BCUT2D eigenvalue weighted by atomic mass is 10.0. The van der Waals surface area contributed by atoms with E-state index < -0.39 is 5.79 Å². The highest BCUT2D eigenvalue weighted by molar-refractivity contribution is 5.72. The molecule has 0 unspecified atom stereocenters. The summed E-state index contributed by atoms with van der Waals surface area (Å²) in [5.74, 6) is -1.60. The Morgan fingerprint density at radius 3 is 0.956 bits per heavy atom. The number of carbonyl (C=O) groups excluding carboxylic acids is 2. The van der Waals surface area contributed by atoms with Gasteiger partial charge in [-0.15, -0.1) is 0 Å². The van der Waals surface area contributed by atoms with Gasteiger partial charge in [-0.1, -0.05) is 175 Å². The van der Waals surface area contributed by atoms with E-state index in [1.165, 1.54) is 141 Å². The standard InChI is InChI=1S/C40H80NO4/c1-7-10-12-14-16-18-20-22-24-26-28-30-32-34-38(42)44-40(9-3,36-37-41(4,5)6)45-39(43)35-33-31-29-27-25-23-21-19-17-15-13-11-8-2/h7-37H2,1-6H3/q+1. The van der Waals surface area contributed by atoms with Crippen molar-refractivity contribution in [1.82, 2.24) is 0 Å². The molecule has 0 saturated carbocycles. The van der Waals surface area contributed by atoms with Crippen molar-refractivity contribution < 1.29 is 23.5 Å². The Hall–Kier alpha value is -1.10. The molecule has 5 heteroatoms. The van der Waals surface area contributed by atoms with Crippen molar-refractivity contribution >= 4 is 11.9 Å². The monoisotopic (exact) mass is 639 g/mol. The van der Waals surface area contributed by atoms with Crippen LogP contribution in [0, 0.1) is 0 Å². The zero-order valence-corrected chi connectivity index (χ0v) is 31.5. The lowest BCUT2D eigenvalue weighted by molar-refractivity contribution is -0.871. The summed E-state index contributed by atoms with van der Waals surface area (Å²) in [4.78, 5) is 25.8. The molecule has 0 bridgehead atoms. The minimum atomic E-state index is -1.15. The molecule has 0 aromatic rings. The van der Waals surface area contributed by atoms with Gasteiger partial charge in [0.1, 0.15) is 0 Å². The van der Waals surface area contributed by atoms with Crippen LogP contribution in [-0.2, 0) is 19.1 Å². The van der Waals surface area contributed by atoms with E-state index in [-0.39, 0.29) is 11.9 Å². The zero-order valence-electron chi connectivity index (χ0n) is 31.5. The molecule has 5 nitrogen and oxygen atoms in total. The summed E-state index contributed by atoms with van der Waals surface area (Å²) in [5.41, 5.74) is 0. The molecule has 0 aliphatic heterocycles. The highest BCUT2D eigenvalue weighted by Crippen LogP contribution is 2.26. The van der Waals surface area contributed by atoms with Crippen LogP contribution in [0.5, 0.6) is 0 Å². The van der Waals surface area contributed by atoms with E-state index in [2.05, 4.69) is 35.0 Å². The van der Waals surface area contributed by atoms with Crippen LogP contribution in [-0.4, -0.2) is 49.9 Å². The van der Waals surface area contributed by atoms with Crippen LogP contribution in [0.3, 0.4) is 0 Å². The number of hydrogen-bond donors (Lipinski definition) is 0. The molecule has 0 N–H and O–H groups in total. The summed E-state index contributed by atoms with van der Waals surface area (Å²) in [6, 6.07) is 0. The van der Waals surface area contributed by atoms with E-state index in [9.17, 15) is 9.59 Å². The van der Waals surface area contributed by atoms with E-state index in [4.69, 9.17) is 9.47 Å². The van der Waals surface area contributed by atoms with Crippen molar-refractivity contribution in [3.63, 3.8) is 0 Å². The molecular weight excluding hydrogens is 558 g/mol. The van der Waals surface area contributed by atoms with Crippen molar-refractivity contribution in [2.24, 2.45) is 0 Å². The number of ether oxygens (including phenoxy) is 2. The zero-order chi connectivity index (χ0) is 33.5. The Morgan fingerprint density at radius 2 is 0.711 bits per heavy atom. The predicted molar refractivity (Wildman–Crippen MR) is 193 cm³/mol. The highest BCUT2D eigenvalue weighted by atomic mass is 16.7. The van der Waals surface area contributed by atoms with E-state index in [1.54, 1.807) is 0 Å². The fraction of sp³-hybridized carbons (Fsp3) is 0.950. The maximum atomic E-state index is 12.9. The van der Waals surface area contributed by atoms with Gasteiger partial charge in [-0.05, 0) is 12.8 Å². The summed E-state index contributed by atoms with van der Waals surface area (Å²) < 4.78 is 12.7. The Morgan fingerprint density at radius 1 is 0.444 bits per heavy atom. The summed E-state index contributed by atoms with van der Waals surface area (Å²) >= 11 is 0. The van der Waals surface area contributed by atoms with Crippen LogP contribution < -0.4 is 0 Å². The summed E-state index contributed by atoms with van der Waals surface area (Å²) in [6.45, 7) is 7.28. The van der Waals surface area contributed by atoms with Gasteiger partial charge in [0.2, 0.25) is 0 Å². The number of hydrogen-bond acceptors (Lipinski definition) is 4. The third-order valence-corrected chi connectivity index (χ3v) is 9.27. The largest absolute Gasteiger partial charge is 0.422 e. The van der Waals surface area contributed by atoms with Crippen molar-refractivity contribution in [2.45, 2.75) is 219 Å². The smallest absolute Gasteiger partial charge is 0.309 e. The summed E-state index contributed by atoms with van der Waals surface area (Å²) in [7, 11) is 6.35. The van der Waals surface area contributed by atoms with Crippen molar-refractivity contribution in [3.8, 4) is 0 Å². The van der Waals surface area contributed by atoms with E-state index in [1.807, 2.05) is 6.92 Å². The van der Waals surface area contributed by atoms with Gasteiger partial charge in [-0.2, -0.15) is 0 Å².